The predicted molar refractivity (Wildman–Crippen MR) is 62.2 cm³/mol. The number of hydrogen-bond acceptors (Lipinski definition) is 2. The van der Waals surface area contributed by atoms with Gasteiger partial charge in [-0.25, -0.2) is 0 Å². The first-order valence-corrected chi connectivity index (χ1v) is 5.78. The van der Waals surface area contributed by atoms with Gasteiger partial charge in [0.1, 0.15) is 5.02 Å². The Balaban J connectivity index is 2.85. The SMILES string of the molecule is O=C(O)CCCCn1cc(C(F)(F)F)cc(Cl)c1=O. The summed E-state index contributed by atoms with van der Waals surface area (Å²) in [5.41, 5.74) is -1.72. The van der Waals surface area contributed by atoms with Crippen molar-refractivity contribution in [3.8, 4) is 0 Å². The summed E-state index contributed by atoms with van der Waals surface area (Å²) < 4.78 is 38.4. The number of carboxylic acids is 1. The molecule has 0 aliphatic carbocycles. The third kappa shape index (κ3) is 4.59. The molecule has 0 saturated carbocycles. The van der Waals surface area contributed by atoms with Crippen LogP contribution >= 0.6 is 11.6 Å². The van der Waals surface area contributed by atoms with E-state index < -0.39 is 28.3 Å². The number of unbranched alkanes of at least 4 members (excludes halogenated alkanes) is 1. The lowest BCUT2D eigenvalue weighted by atomic mass is 10.2. The Labute approximate surface area is 111 Å². The maximum Gasteiger partial charge on any atom is 0.417 e. The van der Waals surface area contributed by atoms with Gasteiger partial charge in [0.25, 0.3) is 5.56 Å². The van der Waals surface area contributed by atoms with Crippen molar-refractivity contribution < 1.29 is 23.1 Å². The molecule has 1 N–H and O–H groups in total. The van der Waals surface area contributed by atoms with Crippen molar-refractivity contribution in [2.45, 2.75) is 32.0 Å². The van der Waals surface area contributed by atoms with Crippen molar-refractivity contribution in [1.82, 2.24) is 4.57 Å². The fraction of sp³-hybridized carbons (Fsp3) is 0.455. The normalized spacial score (nSPS) is 11.6. The number of carboxylic acid groups (broad SMARTS) is 1. The fourth-order valence-electron chi connectivity index (χ4n) is 1.48. The summed E-state index contributed by atoms with van der Waals surface area (Å²) in [7, 11) is 0. The number of aryl methyl sites for hydroxylation is 1. The summed E-state index contributed by atoms with van der Waals surface area (Å²) in [5.74, 6) is -0.991. The first-order chi connectivity index (χ1) is 8.71. The van der Waals surface area contributed by atoms with Gasteiger partial charge in [0.05, 0.1) is 5.56 Å². The van der Waals surface area contributed by atoms with Gasteiger partial charge >= 0.3 is 12.1 Å². The van der Waals surface area contributed by atoms with E-state index in [1.807, 2.05) is 0 Å². The summed E-state index contributed by atoms with van der Waals surface area (Å²) in [6, 6.07) is 0.581. The molecule has 4 nitrogen and oxygen atoms in total. The van der Waals surface area contributed by atoms with Crippen LogP contribution in [0.4, 0.5) is 13.2 Å². The van der Waals surface area contributed by atoms with Crippen molar-refractivity contribution in [3.63, 3.8) is 0 Å². The third-order valence-electron chi connectivity index (χ3n) is 2.41. The van der Waals surface area contributed by atoms with Gasteiger partial charge in [0.2, 0.25) is 0 Å². The Hall–Kier alpha value is -1.50. The Morgan fingerprint density at radius 2 is 2.00 bits per heavy atom. The molecule has 0 bridgehead atoms. The molecule has 8 heteroatoms. The van der Waals surface area contributed by atoms with Crippen LogP contribution in [0.3, 0.4) is 0 Å². The van der Waals surface area contributed by atoms with Crippen molar-refractivity contribution in [2.75, 3.05) is 0 Å². The molecular formula is C11H11ClF3NO3. The Morgan fingerprint density at radius 3 is 2.53 bits per heavy atom. The zero-order chi connectivity index (χ0) is 14.6. The molecule has 0 radical (unpaired) electrons. The third-order valence-corrected chi connectivity index (χ3v) is 2.68. The summed E-state index contributed by atoms with van der Waals surface area (Å²) in [4.78, 5) is 21.8. The number of pyridine rings is 1. The zero-order valence-electron chi connectivity index (χ0n) is 9.71. The Morgan fingerprint density at radius 1 is 1.37 bits per heavy atom. The summed E-state index contributed by atoms with van der Waals surface area (Å²) in [5, 5.41) is 7.92. The quantitative estimate of drug-likeness (QED) is 0.850. The molecule has 106 valence electrons. The number of aromatic nitrogens is 1. The van der Waals surface area contributed by atoms with E-state index in [0.717, 1.165) is 4.57 Å². The maximum absolute atomic E-state index is 12.5. The van der Waals surface area contributed by atoms with E-state index >= 15 is 0 Å². The van der Waals surface area contributed by atoms with Crippen LogP contribution in [0.5, 0.6) is 0 Å². The van der Waals surface area contributed by atoms with Crippen LogP contribution in [0.15, 0.2) is 17.1 Å². The highest BCUT2D eigenvalue weighted by atomic mass is 35.5. The van der Waals surface area contributed by atoms with E-state index in [1.54, 1.807) is 0 Å². The molecule has 1 heterocycles. The molecule has 0 aliphatic heterocycles. The average molecular weight is 298 g/mol. The molecule has 0 aliphatic rings. The molecule has 1 rings (SSSR count). The lowest BCUT2D eigenvalue weighted by Gasteiger charge is -2.11. The molecule has 0 aromatic carbocycles. The minimum Gasteiger partial charge on any atom is -0.481 e. The van der Waals surface area contributed by atoms with Gasteiger partial charge in [0, 0.05) is 19.2 Å². The highest BCUT2D eigenvalue weighted by Gasteiger charge is 2.31. The number of alkyl halides is 3. The first-order valence-electron chi connectivity index (χ1n) is 5.41. The Bertz CT molecular complexity index is 525. The molecular weight excluding hydrogens is 287 g/mol. The monoisotopic (exact) mass is 297 g/mol. The van der Waals surface area contributed by atoms with E-state index in [-0.39, 0.29) is 25.8 Å². The van der Waals surface area contributed by atoms with Gasteiger partial charge in [-0.05, 0) is 18.9 Å². The zero-order valence-corrected chi connectivity index (χ0v) is 10.5. The summed E-state index contributed by atoms with van der Waals surface area (Å²) in [6.45, 7) is -0.00421. The van der Waals surface area contributed by atoms with Crippen LogP contribution < -0.4 is 5.56 Å². The standard InChI is InChI=1S/C11H11ClF3NO3/c12-8-5-7(11(13,14)15)6-16(10(8)19)4-2-1-3-9(17)18/h5-6H,1-4H2,(H,17,18). The van der Waals surface area contributed by atoms with E-state index in [2.05, 4.69) is 0 Å². The molecule has 1 aromatic rings. The second kappa shape index (κ2) is 6.10. The topological polar surface area (TPSA) is 59.3 Å². The lowest BCUT2D eigenvalue weighted by Crippen LogP contribution is -2.23. The number of hydrogen-bond donors (Lipinski definition) is 1. The molecule has 0 atom stereocenters. The molecule has 19 heavy (non-hydrogen) atoms. The van der Waals surface area contributed by atoms with E-state index in [9.17, 15) is 22.8 Å². The number of halogens is 4. The Kier molecular flexibility index (Phi) is 4.99. The second-order valence-corrected chi connectivity index (χ2v) is 4.33. The van der Waals surface area contributed by atoms with E-state index in [1.165, 1.54) is 0 Å². The van der Waals surface area contributed by atoms with Crippen molar-refractivity contribution in [3.05, 3.63) is 33.2 Å². The highest BCUT2D eigenvalue weighted by Crippen LogP contribution is 2.29. The van der Waals surface area contributed by atoms with Gasteiger partial charge in [-0.3, -0.25) is 9.59 Å². The molecule has 1 aromatic heterocycles. The maximum atomic E-state index is 12.5. The van der Waals surface area contributed by atoms with Crippen molar-refractivity contribution in [2.24, 2.45) is 0 Å². The molecule has 0 fully saturated rings. The summed E-state index contributed by atoms with van der Waals surface area (Å²) in [6.07, 6.45) is -3.43. The van der Waals surface area contributed by atoms with Crippen LogP contribution in [0.2, 0.25) is 5.02 Å². The number of rotatable bonds is 5. The van der Waals surface area contributed by atoms with Gasteiger partial charge in [-0.2, -0.15) is 13.2 Å². The minimum atomic E-state index is -4.58. The number of carbonyl (C=O) groups is 1. The van der Waals surface area contributed by atoms with E-state index in [4.69, 9.17) is 16.7 Å². The number of nitrogens with zero attached hydrogens (tertiary/aromatic N) is 1. The van der Waals surface area contributed by atoms with Crippen LogP contribution in [0, 0.1) is 0 Å². The van der Waals surface area contributed by atoms with Gasteiger partial charge in [-0.1, -0.05) is 11.6 Å². The van der Waals surface area contributed by atoms with Crippen molar-refractivity contribution >= 4 is 17.6 Å². The van der Waals surface area contributed by atoms with E-state index in [0.29, 0.717) is 12.3 Å². The first kappa shape index (κ1) is 15.6. The molecule has 0 unspecified atom stereocenters. The number of aliphatic carboxylic acids is 1. The van der Waals surface area contributed by atoms with Crippen LogP contribution in [-0.4, -0.2) is 15.6 Å². The molecule has 0 spiro atoms. The smallest absolute Gasteiger partial charge is 0.417 e. The van der Waals surface area contributed by atoms with Gasteiger partial charge in [-0.15, -0.1) is 0 Å². The fourth-order valence-corrected chi connectivity index (χ4v) is 1.70. The van der Waals surface area contributed by atoms with Crippen molar-refractivity contribution in [1.29, 1.82) is 0 Å². The molecule has 0 saturated heterocycles. The van der Waals surface area contributed by atoms with Crippen LogP contribution in [0.1, 0.15) is 24.8 Å². The minimum absolute atomic E-state index is 0.00421. The van der Waals surface area contributed by atoms with Gasteiger partial charge in [0.15, 0.2) is 0 Å². The molecule has 0 amide bonds. The van der Waals surface area contributed by atoms with Crippen LogP contribution in [0.25, 0.3) is 0 Å². The second-order valence-electron chi connectivity index (χ2n) is 3.92. The predicted octanol–water partition coefficient (Wildman–Crippen LogP) is 2.78. The highest BCUT2D eigenvalue weighted by molar-refractivity contribution is 6.30. The largest absolute Gasteiger partial charge is 0.481 e. The van der Waals surface area contributed by atoms with Crippen LogP contribution in [-0.2, 0) is 17.5 Å². The average Bonchev–Trinajstić information content (AvgIpc) is 2.27. The summed E-state index contributed by atoms with van der Waals surface area (Å²) >= 11 is 5.46. The van der Waals surface area contributed by atoms with Gasteiger partial charge < -0.3 is 9.67 Å². The lowest BCUT2D eigenvalue weighted by molar-refractivity contribution is -0.138.